The lowest BCUT2D eigenvalue weighted by molar-refractivity contribution is -0.121. The van der Waals surface area contributed by atoms with E-state index in [1.54, 1.807) is 13.0 Å². The number of aryl methyl sites for hydroxylation is 2. The zero-order valence-corrected chi connectivity index (χ0v) is 12.6. The van der Waals surface area contributed by atoms with Gasteiger partial charge in [-0.25, -0.2) is 9.37 Å². The van der Waals surface area contributed by atoms with Crippen molar-refractivity contribution in [1.82, 2.24) is 14.9 Å². The number of nitrogens with one attached hydrogen (secondary N) is 1. The molecule has 1 amide bonds. The molecule has 1 saturated carbocycles. The smallest absolute Gasteiger partial charge is 0.222 e. The van der Waals surface area contributed by atoms with Crippen LogP contribution in [0.2, 0.25) is 0 Å². The molecule has 0 spiro atoms. The summed E-state index contributed by atoms with van der Waals surface area (Å²) in [6, 6.07) is 3.54. The Morgan fingerprint density at radius 2 is 2.29 bits per heavy atom. The van der Waals surface area contributed by atoms with E-state index in [0.29, 0.717) is 35.9 Å². The van der Waals surface area contributed by atoms with Crippen LogP contribution < -0.4 is 5.32 Å². The van der Waals surface area contributed by atoms with Gasteiger partial charge in [0.25, 0.3) is 0 Å². The van der Waals surface area contributed by atoms with E-state index in [-0.39, 0.29) is 17.6 Å². The maximum absolute atomic E-state index is 13.6. The van der Waals surface area contributed by atoms with E-state index in [9.17, 15) is 9.18 Å². The number of hydrogen-bond donors (Lipinski definition) is 1. The Morgan fingerprint density at radius 1 is 1.52 bits per heavy atom. The molecule has 0 aliphatic heterocycles. The zero-order valence-electron chi connectivity index (χ0n) is 11.8. The van der Waals surface area contributed by atoms with Gasteiger partial charge in [0.1, 0.15) is 11.6 Å². The maximum atomic E-state index is 13.6. The van der Waals surface area contributed by atoms with Crippen LogP contribution in [0.5, 0.6) is 0 Å². The summed E-state index contributed by atoms with van der Waals surface area (Å²) in [7, 11) is 0. The first-order valence-electron chi connectivity index (χ1n) is 7.09. The normalized spacial score (nSPS) is 14.6. The molecule has 6 heteroatoms. The van der Waals surface area contributed by atoms with Gasteiger partial charge in [-0.1, -0.05) is 0 Å². The summed E-state index contributed by atoms with van der Waals surface area (Å²) in [5, 5.41) is 2.96. The van der Waals surface area contributed by atoms with Crippen LogP contribution in [0, 0.1) is 12.7 Å². The monoisotopic (exact) mass is 309 g/mol. The Bertz CT molecular complexity index is 694. The van der Waals surface area contributed by atoms with Crippen LogP contribution in [0.25, 0.3) is 11.0 Å². The van der Waals surface area contributed by atoms with Crippen molar-refractivity contribution in [3.63, 3.8) is 0 Å². The van der Waals surface area contributed by atoms with E-state index in [0.717, 1.165) is 18.4 Å². The van der Waals surface area contributed by atoms with Crippen molar-refractivity contribution in [2.45, 2.75) is 44.7 Å². The van der Waals surface area contributed by atoms with Crippen molar-refractivity contribution < 1.29 is 9.18 Å². The average molecular weight is 310 g/mol. The Balaban J connectivity index is 1.84. The third kappa shape index (κ3) is 3.02. The van der Waals surface area contributed by atoms with Gasteiger partial charge in [0.05, 0.1) is 16.9 Å². The molecule has 1 aliphatic rings. The first-order chi connectivity index (χ1) is 10.1. The molecule has 1 heterocycles. The van der Waals surface area contributed by atoms with Crippen LogP contribution in [0.4, 0.5) is 4.39 Å². The summed E-state index contributed by atoms with van der Waals surface area (Å²) >= 11 is 5.92. The molecule has 0 unspecified atom stereocenters. The number of fused-ring (bicyclic) bond motifs is 1. The lowest BCUT2D eigenvalue weighted by Gasteiger charge is -2.08. The molecule has 4 nitrogen and oxygen atoms in total. The predicted molar refractivity (Wildman–Crippen MR) is 79.8 cm³/mol. The molecule has 1 aromatic heterocycles. The van der Waals surface area contributed by atoms with Crippen molar-refractivity contribution in [1.29, 1.82) is 0 Å². The lowest BCUT2D eigenvalue weighted by Crippen LogP contribution is -2.26. The van der Waals surface area contributed by atoms with Gasteiger partial charge in [-0.15, -0.1) is 11.6 Å². The van der Waals surface area contributed by atoms with Gasteiger partial charge in [0, 0.05) is 25.1 Å². The number of benzene rings is 1. The van der Waals surface area contributed by atoms with Crippen LogP contribution in [0.3, 0.4) is 0 Å². The van der Waals surface area contributed by atoms with Crippen LogP contribution in [-0.4, -0.2) is 21.5 Å². The summed E-state index contributed by atoms with van der Waals surface area (Å²) in [5.41, 5.74) is 1.97. The minimum atomic E-state index is -0.278. The molecule has 0 bridgehead atoms. The number of hydrogen-bond acceptors (Lipinski definition) is 2. The number of halogens is 2. The third-order valence-electron chi connectivity index (χ3n) is 3.73. The van der Waals surface area contributed by atoms with Crippen LogP contribution >= 0.6 is 11.6 Å². The molecule has 0 saturated heterocycles. The van der Waals surface area contributed by atoms with Crippen molar-refractivity contribution in [2.24, 2.45) is 0 Å². The van der Waals surface area contributed by atoms with Crippen molar-refractivity contribution in [3.05, 3.63) is 29.3 Å². The van der Waals surface area contributed by atoms with E-state index < -0.39 is 0 Å². The van der Waals surface area contributed by atoms with Gasteiger partial charge in [-0.3, -0.25) is 4.79 Å². The number of rotatable bonds is 5. The van der Waals surface area contributed by atoms with E-state index in [4.69, 9.17) is 11.6 Å². The summed E-state index contributed by atoms with van der Waals surface area (Å²) in [6.07, 6.45) is 2.53. The van der Waals surface area contributed by atoms with E-state index in [1.165, 1.54) is 6.07 Å². The van der Waals surface area contributed by atoms with E-state index in [1.807, 2.05) is 4.57 Å². The Kier molecular flexibility index (Phi) is 3.85. The third-order valence-corrected chi connectivity index (χ3v) is 3.97. The summed E-state index contributed by atoms with van der Waals surface area (Å²) in [6.45, 7) is 2.22. The summed E-state index contributed by atoms with van der Waals surface area (Å²) in [5.74, 6) is 0.661. The van der Waals surface area contributed by atoms with Crippen LogP contribution in [-0.2, 0) is 17.2 Å². The van der Waals surface area contributed by atoms with Gasteiger partial charge < -0.3 is 9.88 Å². The Hall–Kier alpha value is -1.62. The molecule has 3 rings (SSSR count). The Morgan fingerprint density at radius 3 is 2.95 bits per heavy atom. The molecule has 1 fully saturated rings. The van der Waals surface area contributed by atoms with Gasteiger partial charge in [0.15, 0.2) is 0 Å². The second kappa shape index (κ2) is 5.64. The molecule has 1 aliphatic carbocycles. The number of aromatic nitrogens is 2. The van der Waals surface area contributed by atoms with Gasteiger partial charge in [-0.2, -0.15) is 0 Å². The first-order valence-corrected chi connectivity index (χ1v) is 7.62. The molecule has 21 heavy (non-hydrogen) atoms. The van der Waals surface area contributed by atoms with Crippen molar-refractivity contribution >= 4 is 28.5 Å². The molecule has 1 N–H and O–H groups in total. The van der Waals surface area contributed by atoms with Crippen LogP contribution in [0.15, 0.2) is 12.1 Å². The zero-order chi connectivity index (χ0) is 15.0. The Labute approximate surface area is 127 Å². The second-order valence-electron chi connectivity index (χ2n) is 5.50. The van der Waals surface area contributed by atoms with Crippen molar-refractivity contribution in [3.8, 4) is 0 Å². The molecule has 2 aromatic rings. The predicted octanol–water partition coefficient (Wildman–Crippen LogP) is 2.89. The highest BCUT2D eigenvalue weighted by Gasteiger charge is 2.23. The highest BCUT2D eigenvalue weighted by atomic mass is 35.5. The molecule has 0 atom stereocenters. The van der Waals surface area contributed by atoms with Gasteiger partial charge in [0.2, 0.25) is 5.91 Å². The fourth-order valence-corrected chi connectivity index (χ4v) is 2.60. The molecular formula is C15H17ClFN3O. The largest absolute Gasteiger partial charge is 0.353 e. The number of alkyl halides is 1. The quantitative estimate of drug-likeness (QED) is 0.863. The fraction of sp³-hybridized carbons (Fsp3) is 0.467. The number of carbonyl (C=O) groups is 1. The fourth-order valence-electron chi connectivity index (χ4n) is 2.39. The minimum absolute atomic E-state index is 0.0405. The maximum Gasteiger partial charge on any atom is 0.222 e. The van der Waals surface area contributed by atoms with Gasteiger partial charge >= 0.3 is 0 Å². The highest BCUT2D eigenvalue weighted by Crippen LogP contribution is 2.22. The number of nitrogens with zero attached hydrogens (tertiary/aromatic N) is 2. The summed E-state index contributed by atoms with van der Waals surface area (Å²) in [4.78, 5) is 16.2. The standard InChI is InChI=1S/C15H17ClFN3O/c1-9-6-13-12(7-11(9)17)19-14(8-16)20(13)5-4-15(21)18-10-2-3-10/h6-7,10H,2-5,8H2,1H3,(H,18,21). The lowest BCUT2D eigenvalue weighted by atomic mass is 10.2. The average Bonchev–Trinajstić information content (AvgIpc) is 3.19. The SMILES string of the molecule is Cc1cc2c(cc1F)nc(CCl)n2CCC(=O)NC1CC1. The number of amides is 1. The number of imidazole rings is 1. The molecule has 1 aromatic carbocycles. The molecular weight excluding hydrogens is 293 g/mol. The number of carbonyl (C=O) groups excluding carboxylic acids is 1. The highest BCUT2D eigenvalue weighted by molar-refractivity contribution is 6.16. The molecule has 112 valence electrons. The molecule has 0 radical (unpaired) electrons. The first kappa shape index (κ1) is 14.3. The van der Waals surface area contributed by atoms with E-state index in [2.05, 4.69) is 10.3 Å². The topological polar surface area (TPSA) is 46.9 Å². The second-order valence-corrected chi connectivity index (χ2v) is 5.76. The minimum Gasteiger partial charge on any atom is -0.353 e. The van der Waals surface area contributed by atoms with Crippen LogP contribution in [0.1, 0.15) is 30.7 Å². The van der Waals surface area contributed by atoms with Gasteiger partial charge in [-0.05, 0) is 31.4 Å². The van der Waals surface area contributed by atoms with Crippen molar-refractivity contribution in [2.75, 3.05) is 0 Å². The summed E-state index contributed by atoms with van der Waals surface area (Å²) < 4.78 is 15.5. The van der Waals surface area contributed by atoms with E-state index >= 15 is 0 Å².